The van der Waals surface area contributed by atoms with Gasteiger partial charge in [0, 0.05) is 12.3 Å². The smallest absolute Gasteiger partial charge is 0.0685 e. The van der Waals surface area contributed by atoms with Crippen molar-refractivity contribution in [1.29, 1.82) is 5.26 Å². The molecule has 0 aliphatic carbocycles. The van der Waals surface area contributed by atoms with E-state index in [1.165, 1.54) is 11.1 Å². The summed E-state index contributed by atoms with van der Waals surface area (Å²) in [6.07, 6.45) is 1.15. The van der Waals surface area contributed by atoms with Crippen LogP contribution in [0.15, 0.2) is 90.0 Å². The molecule has 0 heterocycles. The summed E-state index contributed by atoms with van der Waals surface area (Å²) in [5.74, 6) is 0.106. The van der Waals surface area contributed by atoms with Gasteiger partial charge in [0.1, 0.15) is 0 Å². The largest absolute Gasteiger partial charge is 0.278 e. The van der Waals surface area contributed by atoms with Gasteiger partial charge in [0.05, 0.1) is 17.5 Å². The first kappa shape index (κ1) is 18.4. The molecule has 27 heavy (non-hydrogen) atoms. The fourth-order valence-corrected chi connectivity index (χ4v) is 3.08. The number of benzene rings is 3. The van der Waals surface area contributed by atoms with Crippen LogP contribution in [0.2, 0.25) is 0 Å². The first-order chi connectivity index (χ1) is 13.3. The molecule has 0 spiro atoms. The standard InChI is InChI=1S/C24H23N3/c1-19-9-8-14-23(17-19)26-27-24(21-12-6-3-7-13-21)18-22(15-16-25)20-10-4-2-5-11-20/h2-14,17,22,26H,15,18H2,1H3/b27-24-. The Bertz CT molecular complexity index is 925. The van der Waals surface area contributed by atoms with Gasteiger partial charge < -0.3 is 0 Å². The van der Waals surface area contributed by atoms with Gasteiger partial charge in [0.15, 0.2) is 0 Å². The molecule has 0 saturated carbocycles. The summed E-state index contributed by atoms with van der Waals surface area (Å²) >= 11 is 0. The number of anilines is 1. The minimum Gasteiger partial charge on any atom is -0.278 e. The van der Waals surface area contributed by atoms with Crippen LogP contribution >= 0.6 is 0 Å². The van der Waals surface area contributed by atoms with Crippen molar-refractivity contribution in [2.75, 3.05) is 5.43 Å². The molecule has 1 unspecified atom stereocenters. The average Bonchev–Trinajstić information content (AvgIpc) is 2.72. The Morgan fingerprint density at radius 1 is 0.963 bits per heavy atom. The lowest BCUT2D eigenvalue weighted by Crippen LogP contribution is -2.11. The summed E-state index contributed by atoms with van der Waals surface area (Å²) < 4.78 is 0. The molecule has 0 aliphatic heterocycles. The fraction of sp³-hybridized carbons (Fsp3) is 0.167. The Hall–Kier alpha value is -3.38. The van der Waals surface area contributed by atoms with Crippen LogP contribution in [-0.4, -0.2) is 5.71 Å². The molecule has 3 nitrogen and oxygen atoms in total. The van der Waals surface area contributed by atoms with Gasteiger partial charge in [-0.3, -0.25) is 5.43 Å². The maximum Gasteiger partial charge on any atom is 0.0685 e. The molecule has 134 valence electrons. The molecule has 0 aliphatic rings. The molecule has 3 heteroatoms. The first-order valence-corrected chi connectivity index (χ1v) is 9.13. The van der Waals surface area contributed by atoms with Crippen molar-refractivity contribution in [2.24, 2.45) is 5.10 Å². The fourth-order valence-electron chi connectivity index (χ4n) is 3.08. The second-order valence-corrected chi connectivity index (χ2v) is 6.58. The lowest BCUT2D eigenvalue weighted by molar-refractivity contribution is 0.738. The Balaban J connectivity index is 1.89. The molecule has 0 amide bonds. The minimum absolute atomic E-state index is 0.106. The third-order valence-corrected chi connectivity index (χ3v) is 4.49. The number of hydrogen-bond acceptors (Lipinski definition) is 3. The molecule has 3 aromatic carbocycles. The second kappa shape index (κ2) is 9.35. The SMILES string of the molecule is Cc1cccc(N/N=C(/CC(CC#N)c2ccccc2)c2ccccc2)c1. The Kier molecular flexibility index (Phi) is 6.38. The summed E-state index contributed by atoms with van der Waals surface area (Å²) in [4.78, 5) is 0. The number of aryl methyl sites for hydroxylation is 1. The zero-order valence-corrected chi connectivity index (χ0v) is 15.5. The molecule has 0 aromatic heterocycles. The van der Waals surface area contributed by atoms with Crippen molar-refractivity contribution in [1.82, 2.24) is 0 Å². The molecule has 1 N–H and O–H groups in total. The molecule has 3 rings (SSSR count). The molecular formula is C24H23N3. The zero-order chi connectivity index (χ0) is 18.9. The van der Waals surface area contributed by atoms with Crippen molar-refractivity contribution in [2.45, 2.75) is 25.7 Å². The predicted octanol–water partition coefficient (Wildman–Crippen LogP) is 5.90. The molecule has 1 atom stereocenters. The van der Waals surface area contributed by atoms with E-state index >= 15 is 0 Å². The molecular weight excluding hydrogens is 330 g/mol. The van der Waals surface area contributed by atoms with Gasteiger partial charge in [-0.1, -0.05) is 72.8 Å². The van der Waals surface area contributed by atoms with E-state index in [1.54, 1.807) is 0 Å². The highest BCUT2D eigenvalue weighted by Gasteiger charge is 2.16. The highest BCUT2D eigenvalue weighted by molar-refractivity contribution is 6.01. The van der Waals surface area contributed by atoms with Crippen LogP contribution in [0, 0.1) is 18.3 Å². The quantitative estimate of drug-likeness (QED) is 0.425. The van der Waals surface area contributed by atoms with E-state index < -0.39 is 0 Å². The topological polar surface area (TPSA) is 48.2 Å². The maximum atomic E-state index is 9.31. The van der Waals surface area contributed by atoms with E-state index in [2.05, 4.69) is 54.8 Å². The van der Waals surface area contributed by atoms with Crippen LogP contribution in [0.25, 0.3) is 0 Å². The zero-order valence-electron chi connectivity index (χ0n) is 15.5. The average molecular weight is 353 g/mol. The molecule has 0 saturated heterocycles. The van der Waals surface area contributed by atoms with Gasteiger partial charge in [-0.15, -0.1) is 0 Å². The van der Waals surface area contributed by atoms with Crippen LogP contribution in [0.5, 0.6) is 0 Å². The predicted molar refractivity (Wildman–Crippen MR) is 112 cm³/mol. The number of nitriles is 1. The number of nitrogens with one attached hydrogen (secondary N) is 1. The summed E-state index contributed by atoms with van der Waals surface area (Å²) in [6.45, 7) is 2.06. The third-order valence-electron chi connectivity index (χ3n) is 4.49. The van der Waals surface area contributed by atoms with Crippen LogP contribution in [0.3, 0.4) is 0 Å². The van der Waals surface area contributed by atoms with E-state index in [4.69, 9.17) is 5.10 Å². The molecule has 0 fully saturated rings. The van der Waals surface area contributed by atoms with E-state index in [0.717, 1.165) is 17.0 Å². The number of rotatable bonds is 7. The van der Waals surface area contributed by atoms with Crippen LogP contribution in [0.4, 0.5) is 5.69 Å². The number of hydrogen-bond donors (Lipinski definition) is 1. The van der Waals surface area contributed by atoms with Gasteiger partial charge in [0.25, 0.3) is 0 Å². The van der Waals surface area contributed by atoms with Gasteiger partial charge in [-0.25, -0.2) is 0 Å². The Morgan fingerprint density at radius 3 is 2.33 bits per heavy atom. The maximum absolute atomic E-state index is 9.31. The monoisotopic (exact) mass is 353 g/mol. The first-order valence-electron chi connectivity index (χ1n) is 9.13. The van der Waals surface area contributed by atoms with Gasteiger partial charge >= 0.3 is 0 Å². The van der Waals surface area contributed by atoms with Crippen LogP contribution < -0.4 is 5.43 Å². The summed E-state index contributed by atoms with van der Waals surface area (Å²) in [5, 5.41) is 14.0. The van der Waals surface area contributed by atoms with Gasteiger partial charge in [0.2, 0.25) is 0 Å². The molecule has 0 bridgehead atoms. The lowest BCUT2D eigenvalue weighted by atomic mass is 9.89. The Morgan fingerprint density at radius 2 is 1.67 bits per heavy atom. The van der Waals surface area contributed by atoms with Crippen molar-refractivity contribution >= 4 is 11.4 Å². The Labute approximate surface area is 161 Å². The third kappa shape index (κ3) is 5.29. The van der Waals surface area contributed by atoms with Crippen molar-refractivity contribution in [3.8, 4) is 6.07 Å². The lowest BCUT2D eigenvalue weighted by Gasteiger charge is -2.16. The molecule has 3 aromatic rings. The summed E-state index contributed by atoms with van der Waals surface area (Å²) in [5.41, 5.74) is 8.51. The van der Waals surface area contributed by atoms with E-state index in [1.807, 2.05) is 48.5 Å². The van der Waals surface area contributed by atoms with E-state index in [-0.39, 0.29) is 5.92 Å². The molecule has 0 radical (unpaired) electrons. The van der Waals surface area contributed by atoms with E-state index in [0.29, 0.717) is 12.8 Å². The highest BCUT2D eigenvalue weighted by atomic mass is 15.3. The van der Waals surface area contributed by atoms with Crippen molar-refractivity contribution < 1.29 is 0 Å². The summed E-state index contributed by atoms with van der Waals surface area (Å²) in [7, 11) is 0. The highest BCUT2D eigenvalue weighted by Crippen LogP contribution is 2.25. The summed E-state index contributed by atoms with van der Waals surface area (Å²) in [6, 6.07) is 30.8. The van der Waals surface area contributed by atoms with Crippen LogP contribution in [0.1, 0.15) is 35.4 Å². The normalized spacial score (nSPS) is 12.2. The van der Waals surface area contributed by atoms with Crippen molar-refractivity contribution in [3.05, 3.63) is 102 Å². The minimum atomic E-state index is 0.106. The van der Waals surface area contributed by atoms with Crippen LogP contribution in [-0.2, 0) is 0 Å². The van der Waals surface area contributed by atoms with E-state index in [9.17, 15) is 5.26 Å². The second-order valence-electron chi connectivity index (χ2n) is 6.58. The van der Waals surface area contributed by atoms with Gasteiger partial charge in [-0.05, 0) is 42.2 Å². The number of nitrogens with zero attached hydrogens (tertiary/aromatic N) is 2. The number of hydrazone groups is 1. The van der Waals surface area contributed by atoms with Crippen molar-refractivity contribution in [3.63, 3.8) is 0 Å². The van der Waals surface area contributed by atoms with Gasteiger partial charge in [-0.2, -0.15) is 10.4 Å².